The van der Waals surface area contributed by atoms with E-state index >= 15 is 0 Å². The van der Waals surface area contributed by atoms with Crippen molar-refractivity contribution in [2.45, 2.75) is 18.7 Å². The molecule has 2 aromatic carbocycles. The van der Waals surface area contributed by atoms with E-state index in [1.54, 1.807) is 26.2 Å². The number of oxazole rings is 1. The van der Waals surface area contributed by atoms with Gasteiger partial charge in [-0.3, -0.25) is 0 Å². The average molecular weight is 387 g/mol. The summed E-state index contributed by atoms with van der Waals surface area (Å²) in [6.45, 7) is 4.06. The number of benzene rings is 2. The smallest absolute Gasteiger partial charge is 0.220 e. The minimum Gasteiger partial charge on any atom is -0.493 e. The maximum Gasteiger partial charge on any atom is 0.220 e. The zero-order valence-electron chi connectivity index (χ0n) is 15.4. The lowest BCUT2D eigenvalue weighted by Crippen LogP contribution is -2.03. The predicted molar refractivity (Wildman–Crippen MR) is 105 cm³/mol. The van der Waals surface area contributed by atoms with Gasteiger partial charge in [-0.25, -0.2) is 13.4 Å². The number of rotatable bonds is 7. The summed E-state index contributed by atoms with van der Waals surface area (Å²) in [4.78, 5) is 4.60. The zero-order valence-corrected chi connectivity index (χ0v) is 16.2. The summed E-state index contributed by atoms with van der Waals surface area (Å²) in [5.74, 6) is 1.77. The molecule has 0 amide bonds. The lowest BCUT2D eigenvalue weighted by molar-refractivity contribution is 0.311. The molecule has 0 radical (unpaired) electrons. The van der Waals surface area contributed by atoms with Crippen molar-refractivity contribution in [2.24, 2.45) is 0 Å². The number of fused-ring (bicyclic) bond motifs is 1. The van der Waals surface area contributed by atoms with Crippen LogP contribution in [0.2, 0.25) is 0 Å². The molecule has 0 bridgehead atoms. The lowest BCUT2D eigenvalue weighted by Gasteiger charge is -2.09. The molecule has 3 aromatic rings. The summed E-state index contributed by atoms with van der Waals surface area (Å²) in [7, 11) is -1.68. The highest BCUT2D eigenvalue weighted by molar-refractivity contribution is 7.91. The fourth-order valence-electron chi connectivity index (χ4n) is 2.59. The maximum atomic E-state index is 12.0. The van der Waals surface area contributed by atoms with Gasteiger partial charge in [0.15, 0.2) is 26.9 Å². The molecule has 0 saturated heterocycles. The number of methoxy groups -OCH3 is 1. The van der Waals surface area contributed by atoms with E-state index in [9.17, 15) is 8.42 Å². The second-order valence-electron chi connectivity index (χ2n) is 5.76. The van der Waals surface area contributed by atoms with Crippen LogP contribution in [0.1, 0.15) is 25.3 Å². The van der Waals surface area contributed by atoms with Crippen LogP contribution in [0.5, 0.6) is 11.5 Å². The van der Waals surface area contributed by atoms with Gasteiger partial charge >= 0.3 is 0 Å². The van der Waals surface area contributed by atoms with Crippen molar-refractivity contribution in [3.05, 3.63) is 47.9 Å². The number of sulfone groups is 1. The van der Waals surface area contributed by atoms with Crippen LogP contribution < -0.4 is 9.47 Å². The summed E-state index contributed by atoms with van der Waals surface area (Å²) < 4.78 is 40.5. The first-order valence-corrected chi connectivity index (χ1v) is 10.2. The Morgan fingerprint density at radius 3 is 2.59 bits per heavy atom. The maximum absolute atomic E-state index is 12.0. The van der Waals surface area contributed by atoms with E-state index < -0.39 is 9.84 Å². The quantitative estimate of drug-likeness (QED) is 0.605. The Kier molecular flexibility index (Phi) is 5.51. The molecular formula is C20H21NO5S. The van der Waals surface area contributed by atoms with Gasteiger partial charge in [0.1, 0.15) is 5.52 Å². The Bertz CT molecular complexity index is 1080. The SMILES string of the molecule is CCOc1cc(/C=C/c2nc3cc(S(=O)(=O)CC)ccc3o2)ccc1OC. The molecule has 27 heavy (non-hydrogen) atoms. The van der Waals surface area contributed by atoms with Gasteiger partial charge < -0.3 is 13.9 Å². The summed E-state index contributed by atoms with van der Waals surface area (Å²) in [6, 6.07) is 10.3. The third-order valence-corrected chi connectivity index (χ3v) is 5.75. The number of nitrogens with zero attached hydrogens (tertiary/aromatic N) is 1. The highest BCUT2D eigenvalue weighted by Gasteiger charge is 2.14. The van der Waals surface area contributed by atoms with Crippen molar-refractivity contribution in [1.29, 1.82) is 0 Å². The predicted octanol–water partition coefficient (Wildman–Crippen LogP) is 4.20. The monoisotopic (exact) mass is 387 g/mol. The van der Waals surface area contributed by atoms with Crippen molar-refractivity contribution in [2.75, 3.05) is 19.5 Å². The summed E-state index contributed by atoms with van der Waals surface area (Å²) in [5.41, 5.74) is 1.94. The summed E-state index contributed by atoms with van der Waals surface area (Å²) in [6.07, 6.45) is 3.57. The third-order valence-electron chi connectivity index (χ3n) is 4.02. The Hall–Kier alpha value is -2.80. The molecule has 7 heteroatoms. The first-order chi connectivity index (χ1) is 13.0. The van der Waals surface area contributed by atoms with Gasteiger partial charge in [0, 0.05) is 6.08 Å². The number of hydrogen-bond acceptors (Lipinski definition) is 6. The summed E-state index contributed by atoms with van der Waals surface area (Å²) in [5, 5.41) is 0. The largest absolute Gasteiger partial charge is 0.493 e. The van der Waals surface area contributed by atoms with Crippen LogP contribution in [-0.2, 0) is 9.84 Å². The van der Waals surface area contributed by atoms with Gasteiger partial charge in [0.2, 0.25) is 5.89 Å². The van der Waals surface area contributed by atoms with Crippen LogP contribution in [-0.4, -0.2) is 32.9 Å². The molecule has 0 aliphatic rings. The van der Waals surface area contributed by atoms with Gasteiger partial charge in [-0.1, -0.05) is 13.0 Å². The van der Waals surface area contributed by atoms with E-state index in [4.69, 9.17) is 13.9 Å². The zero-order chi connectivity index (χ0) is 19.4. The van der Waals surface area contributed by atoms with Gasteiger partial charge in [-0.05, 0) is 48.9 Å². The Morgan fingerprint density at radius 1 is 1.07 bits per heavy atom. The van der Waals surface area contributed by atoms with Crippen LogP contribution in [0.3, 0.4) is 0 Å². The highest BCUT2D eigenvalue weighted by Crippen LogP contribution is 2.29. The van der Waals surface area contributed by atoms with E-state index in [2.05, 4.69) is 4.98 Å². The molecule has 3 rings (SSSR count). The Labute approximate surface area is 158 Å². The normalized spacial score (nSPS) is 12.0. The molecule has 0 N–H and O–H groups in total. The van der Waals surface area contributed by atoms with E-state index in [-0.39, 0.29) is 10.6 Å². The topological polar surface area (TPSA) is 78.6 Å². The first-order valence-electron chi connectivity index (χ1n) is 8.59. The third kappa shape index (κ3) is 4.14. The van der Waals surface area contributed by atoms with Crippen LogP contribution in [0.4, 0.5) is 0 Å². The molecule has 1 heterocycles. The van der Waals surface area contributed by atoms with Gasteiger partial charge in [-0.15, -0.1) is 0 Å². The first kappa shape index (κ1) is 19.0. The minimum absolute atomic E-state index is 0.0444. The molecule has 0 aliphatic carbocycles. The Morgan fingerprint density at radius 2 is 1.89 bits per heavy atom. The van der Waals surface area contributed by atoms with E-state index in [1.807, 2.05) is 31.2 Å². The van der Waals surface area contributed by atoms with E-state index in [1.165, 1.54) is 12.1 Å². The van der Waals surface area contributed by atoms with Crippen LogP contribution in [0.25, 0.3) is 23.3 Å². The van der Waals surface area contributed by atoms with Crippen LogP contribution >= 0.6 is 0 Å². The van der Waals surface area contributed by atoms with Gasteiger partial charge in [-0.2, -0.15) is 0 Å². The van der Waals surface area contributed by atoms with E-state index in [0.29, 0.717) is 35.1 Å². The fraction of sp³-hybridized carbons (Fsp3) is 0.250. The van der Waals surface area contributed by atoms with Crippen LogP contribution in [0.15, 0.2) is 45.7 Å². The fourth-order valence-corrected chi connectivity index (χ4v) is 3.49. The van der Waals surface area contributed by atoms with Crippen molar-refractivity contribution in [3.8, 4) is 11.5 Å². The van der Waals surface area contributed by atoms with Crippen molar-refractivity contribution >= 4 is 33.1 Å². The molecular weight excluding hydrogens is 366 g/mol. The second-order valence-corrected chi connectivity index (χ2v) is 8.04. The van der Waals surface area contributed by atoms with Gasteiger partial charge in [0.05, 0.1) is 24.4 Å². The molecule has 0 fully saturated rings. The Balaban J connectivity index is 1.89. The number of hydrogen-bond donors (Lipinski definition) is 0. The molecule has 6 nitrogen and oxygen atoms in total. The molecule has 0 atom stereocenters. The second kappa shape index (κ2) is 7.84. The van der Waals surface area contributed by atoms with Crippen molar-refractivity contribution in [1.82, 2.24) is 4.98 Å². The number of ether oxygens (including phenoxy) is 2. The molecule has 0 spiro atoms. The van der Waals surface area contributed by atoms with Gasteiger partial charge in [0.25, 0.3) is 0 Å². The molecule has 0 aliphatic heterocycles. The molecule has 1 aromatic heterocycles. The summed E-state index contributed by atoms with van der Waals surface area (Å²) >= 11 is 0. The number of aromatic nitrogens is 1. The average Bonchev–Trinajstić information content (AvgIpc) is 3.09. The lowest BCUT2D eigenvalue weighted by atomic mass is 10.2. The van der Waals surface area contributed by atoms with Crippen LogP contribution in [0, 0.1) is 0 Å². The standard InChI is InChI=1S/C20H21NO5S/c1-4-25-19-12-14(6-9-18(19)24-3)7-11-20-21-16-13-15(27(22,23)5-2)8-10-17(16)26-20/h6-13H,4-5H2,1-3H3/b11-7+. The van der Waals surface area contributed by atoms with Crippen molar-refractivity contribution in [3.63, 3.8) is 0 Å². The molecule has 0 saturated carbocycles. The van der Waals surface area contributed by atoms with E-state index in [0.717, 1.165) is 5.56 Å². The van der Waals surface area contributed by atoms with Crippen molar-refractivity contribution < 1.29 is 22.3 Å². The molecule has 142 valence electrons. The minimum atomic E-state index is -3.28. The highest BCUT2D eigenvalue weighted by atomic mass is 32.2. The molecule has 0 unspecified atom stereocenters.